The topological polar surface area (TPSA) is 36.5 Å². The van der Waals surface area contributed by atoms with Crippen LogP contribution in [0.3, 0.4) is 0 Å². The summed E-state index contributed by atoms with van der Waals surface area (Å²) in [5, 5.41) is 0. The molecule has 0 aliphatic carbocycles. The van der Waals surface area contributed by atoms with E-state index in [1.165, 1.54) is 0 Å². The summed E-state index contributed by atoms with van der Waals surface area (Å²) in [4.78, 5) is 0. The fourth-order valence-corrected chi connectivity index (χ4v) is 0. The van der Waals surface area contributed by atoms with Crippen LogP contribution in [0.4, 0.5) is 15.8 Å². The largest absolute Gasteiger partial charge is 1.00 e. The van der Waals surface area contributed by atoms with Gasteiger partial charge in [-0.2, -0.15) is 0 Å². The van der Waals surface area contributed by atoms with E-state index in [-0.39, 0.29) is 57.5 Å². The minimum absolute atomic E-state index is 0. The number of hydrogen-bond donors (Lipinski definition) is 1. The van der Waals surface area contributed by atoms with Crippen LogP contribution in [0.25, 0.3) is 0 Å². The van der Waals surface area contributed by atoms with Crippen LogP contribution < -0.4 is 57.5 Å². The number of hydrogen-bond acceptors (Lipinski definition) is 0. The van der Waals surface area contributed by atoms with E-state index in [0.717, 1.165) is 0 Å². The van der Waals surface area contributed by atoms with Crippen LogP contribution >= 0.6 is 0 Å². The third-order valence-electron chi connectivity index (χ3n) is 0. The molecule has 0 bridgehead atoms. The van der Waals surface area contributed by atoms with E-state index in [9.17, 15) is 15.8 Å². The molecule has 9 heavy (non-hydrogen) atoms. The maximum Gasteiger partial charge on any atom is 1.00 e. The zero-order valence-electron chi connectivity index (χ0n) is 4.77. The van der Waals surface area contributed by atoms with Gasteiger partial charge in [0.25, 0.3) is 0 Å². The molecule has 1 nitrogen and oxygen atoms in total. The first kappa shape index (κ1) is 17.2. The van der Waals surface area contributed by atoms with E-state index in [0.29, 0.717) is 0 Å². The van der Waals surface area contributed by atoms with Gasteiger partial charge in [-0.25, -0.2) is 0 Å². The van der Waals surface area contributed by atoms with Gasteiger partial charge in [-0.15, -0.1) is 0 Å². The molecule has 0 aliphatic rings. The second-order valence-electron chi connectivity index (χ2n) is 1.07. The Bertz CT molecular complexity index is 71.6. The van der Waals surface area contributed by atoms with Crippen molar-refractivity contribution < 1.29 is 88.1 Å². The molecule has 0 radical (unpaired) electrons. The van der Waals surface area contributed by atoms with Gasteiger partial charge in [-0.05, 0) is 0 Å². The molecular weight excluding hydrogens is 258 g/mol. The monoisotopic (exact) mass is 261 g/mol. The molecule has 0 saturated carbocycles. The first-order valence-corrected chi connectivity index (χ1v) is 6.71. The van der Waals surface area contributed by atoms with Gasteiger partial charge in [0.05, 0.1) is 0 Å². The second-order valence-corrected chi connectivity index (χ2v) is 6.34. The normalized spacial score (nSPS) is 18.0. The van der Waals surface area contributed by atoms with Gasteiger partial charge in [0.2, 0.25) is 0 Å². The molecule has 0 unspecified atom stereocenters. The SMILES string of the molecule is [F][Zr-2]([F])([F])([F])([F])[F].[K+].[NH4+]. The quantitative estimate of drug-likeness (QED) is 0.467. The summed E-state index contributed by atoms with van der Waals surface area (Å²) in [5.74, 6) is 0. The molecule has 0 aromatic heterocycles. The van der Waals surface area contributed by atoms with Crippen molar-refractivity contribution in [2.45, 2.75) is 0 Å². The Morgan fingerprint density at radius 2 is 0.667 bits per heavy atom. The van der Waals surface area contributed by atoms with Crippen molar-refractivity contribution in [3.05, 3.63) is 0 Å². The van der Waals surface area contributed by atoms with E-state index >= 15 is 0 Å². The number of rotatable bonds is 0. The summed E-state index contributed by atoms with van der Waals surface area (Å²) in [6.45, 7) is 0. The van der Waals surface area contributed by atoms with Gasteiger partial charge in [-0.3, -0.25) is 0 Å². The van der Waals surface area contributed by atoms with Gasteiger partial charge in [0, 0.05) is 0 Å². The molecule has 0 saturated heterocycles. The Labute approximate surface area is 92.3 Å². The summed E-state index contributed by atoms with van der Waals surface area (Å²) in [6.07, 6.45) is 0. The maximum atomic E-state index is 9.93. The average Bonchev–Trinajstić information content (AvgIpc) is 0.592. The van der Waals surface area contributed by atoms with Crippen molar-refractivity contribution in [1.29, 1.82) is 0 Å². The van der Waals surface area contributed by atoms with Crippen LogP contribution in [0.5, 0.6) is 0 Å². The fraction of sp³-hybridized carbons (Fsp3) is 0. The molecule has 0 spiro atoms. The predicted molar refractivity (Wildman–Crippen MR) is 12.6 cm³/mol. The van der Waals surface area contributed by atoms with Gasteiger partial charge in [0.15, 0.2) is 0 Å². The Kier molecular flexibility index (Phi) is 5.43. The Morgan fingerprint density at radius 3 is 0.667 bits per heavy atom. The minimum Gasteiger partial charge on any atom is -0.369 e. The molecule has 0 rings (SSSR count). The Morgan fingerprint density at radius 1 is 0.667 bits per heavy atom. The molecule has 0 aliphatic heterocycles. The van der Waals surface area contributed by atoms with Gasteiger partial charge in [0.1, 0.15) is 0 Å². The van der Waals surface area contributed by atoms with Crippen LogP contribution in [-0.2, 0) is 21.0 Å². The third kappa shape index (κ3) is 154. The number of halogens is 6. The summed E-state index contributed by atoms with van der Waals surface area (Å²) >= 11 is -11.3. The summed E-state index contributed by atoms with van der Waals surface area (Å²) in [5.41, 5.74) is 0. The maximum absolute atomic E-state index is 11.3. The van der Waals surface area contributed by atoms with Crippen molar-refractivity contribution >= 4 is 0 Å². The van der Waals surface area contributed by atoms with Crippen molar-refractivity contribution in [2.24, 2.45) is 0 Å². The zero-order chi connectivity index (χ0) is 6.41. The van der Waals surface area contributed by atoms with Crippen LogP contribution in [0.15, 0.2) is 0 Å². The van der Waals surface area contributed by atoms with Crippen LogP contribution in [0.1, 0.15) is 0 Å². The fourth-order valence-electron chi connectivity index (χ4n) is 0. The molecule has 0 aromatic carbocycles. The van der Waals surface area contributed by atoms with E-state index < -0.39 is 21.0 Å². The molecule has 0 heterocycles. The van der Waals surface area contributed by atoms with Crippen molar-refractivity contribution in [1.82, 2.24) is 6.15 Å². The molecule has 0 atom stereocenters. The van der Waals surface area contributed by atoms with Crippen molar-refractivity contribution in [3.63, 3.8) is 0 Å². The minimum atomic E-state index is -11.3. The molecular formula is H4F6KNZr. The first-order chi connectivity index (χ1) is 2.45. The standard InChI is InChI=1S/6FH.K.H3N.Zr/h6*1H;;1H3;/q;;;;;;+1;;+4/p-5. The van der Waals surface area contributed by atoms with Crippen LogP contribution in [-0.4, -0.2) is 0 Å². The van der Waals surface area contributed by atoms with Gasteiger partial charge in [-0.1, -0.05) is 0 Å². The average molecular weight is 262 g/mol. The van der Waals surface area contributed by atoms with Gasteiger partial charge < -0.3 is 6.15 Å². The van der Waals surface area contributed by atoms with Crippen molar-refractivity contribution in [2.75, 3.05) is 0 Å². The molecule has 0 fully saturated rings. The first-order valence-electron chi connectivity index (χ1n) is 1.13. The van der Waals surface area contributed by atoms with Crippen LogP contribution in [0.2, 0.25) is 0 Å². The molecule has 0 aromatic rings. The number of quaternary nitrogens is 1. The molecule has 4 N–H and O–H groups in total. The summed E-state index contributed by atoms with van der Waals surface area (Å²) < 4.78 is 59.6. The summed E-state index contributed by atoms with van der Waals surface area (Å²) in [6, 6.07) is 0. The zero-order valence-corrected chi connectivity index (χ0v) is 10.3. The van der Waals surface area contributed by atoms with E-state index in [4.69, 9.17) is 0 Å². The Hall–Kier alpha value is 2.06. The van der Waals surface area contributed by atoms with Crippen molar-refractivity contribution in [3.8, 4) is 0 Å². The third-order valence-corrected chi connectivity index (χ3v) is 0. The second kappa shape index (κ2) is 2.84. The van der Waals surface area contributed by atoms with Gasteiger partial charge >= 0.3 is 88.1 Å². The van der Waals surface area contributed by atoms with Crippen LogP contribution in [0, 0.1) is 0 Å². The van der Waals surface area contributed by atoms with E-state index in [2.05, 4.69) is 0 Å². The van der Waals surface area contributed by atoms with E-state index in [1.807, 2.05) is 0 Å². The summed E-state index contributed by atoms with van der Waals surface area (Å²) in [7, 11) is 0. The molecule has 56 valence electrons. The molecule has 0 amide bonds. The Balaban J connectivity index is -0.000000180. The predicted octanol–water partition coefficient (Wildman–Crippen LogP) is -0.101. The smallest absolute Gasteiger partial charge is 0.369 e. The molecule has 9 heteroatoms. The van der Waals surface area contributed by atoms with E-state index in [1.54, 1.807) is 0 Å².